The van der Waals surface area contributed by atoms with E-state index in [0.717, 1.165) is 49.0 Å². The number of hydrogen-bond donors (Lipinski definition) is 2. The van der Waals surface area contributed by atoms with Gasteiger partial charge in [-0.05, 0) is 17.0 Å². The molecule has 3 heterocycles. The van der Waals surface area contributed by atoms with Crippen LogP contribution in [0.25, 0.3) is 10.6 Å². The Labute approximate surface area is 166 Å². The first-order valence-electron chi connectivity index (χ1n) is 9.05. The van der Waals surface area contributed by atoms with Gasteiger partial charge in [0, 0.05) is 16.3 Å². The molecule has 0 radical (unpaired) electrons. The summed E-state index contributed by atoms with van der Waals surface area (Å²) in [5.41, 5.74) is 2.68. The van der Waals surface area contributed by atoms with Gasteiger partial charge in [0.05, 0.1) is 13.2 Å². The maximum Gasteiger partial charge on any atom is 0.271 e. The summed E-state index contributed by atoms with van der Waals surface area (Å²) in [4.78, 5) is 18.8. The van der Waals surface area contributed by atoms with Crippen molar-refractivity contribution in [1.82, 2.24) is 10.3 Å². The summed E-state index contributed by atoms with van der Waals surface area (Å²) in [6.45, 7) is 4.35. The Hall–Kier alpha value is -2.06. The highest BCUT2D eigenvalue weighted by molar-refractivity contribution is 7.14. The number of rotatable bonds is 6. The molecule has 1 atom stereocenters. The molecule has 0 spiro atoms. The van der Waals surface area contributed by atoms with Crippen LogP contribution in [0.1, 0.15) is 22.1 Å². The summed E-state index contributed by atoms with van der Waals surface area (Å²) in [5.74, 6) is -0.116. The second kappa shape index (κ2) is 8.75. The first-order chi connectivity index (χ1) is 13.3. The average Bonchev–Trinajstić information content (AvgIpc) is 3.41. The first kappa shape index (κ1) is 18.3. The van der Waals surface area contributed by atoms with Crippen LogP contribution in [-0.4, -0.2) is 43.7 Å². The molecule has 1 aliphatic rings. The van der Waals surface area contributed by atoms with Crippen LogP contribution in [0.3, 0.4) is 0 Å². The third kappa shape index (κ3) is 4.62. The highest BCUT2D eigenvalue weighted by atomic mass is 32.1. The zero-order valence-corrected chi connectivity index (χ0v) is 16.5. The fraction of sp³-hybridized carbons (Fsp3) is 0.300. The van der Waals surface area contributed by atoms with Gasteiger partial charge in [-0.15, -0.1) is 11.3 Å². The lowest BCUT2D eigenvalue weighted by molar-refractivity contribution is -0.909. The van der Waals surface area contributed by atoms with Crippen LogP contribution < -0.4 is 10.2 Å². The van der Waals surface area contributed by atoms with Gasteiger partial charge in [-0.25, -0.2) is 4.98 Å². The monoisotopic (exact) mass is 400 g/mol. The molecule has 27 heavy (non-hydrogen) atoms. The molecule has 0 saturated carbocycles. The normalized spacial score (nSPS) is 16.1. The number of quaternary nitrogens is 1. The maximum atomic E-state index is 12.9. The molecular formula is C20H22N3O2S2+. The van der Waals surface area contributed by atoms with Crippen molar-refractivity contribution < 1.29 is 14.4 Å². The van der Waals surface area contributed by atoms with Crippen LogP contribution in [0, 0.1) is 0 Å². The summed E-state index contributed by atoms with van der Waals surface area (Å²) in [5, 5.41) is 10.00. The quantitative estimate of drug-likeness (QED) is 0.667. The van der Waals surface area contributed by atoms with Gasteiger partial charge in [-0.1, -0.05) is 30.3 Å². The fourth-order valence-electron chi connectivity index (χ4n) is 3.22. The van der Waals surface area contributed by atoms with E-state index >= 15 is 0 Å². The van der Waals surface area contributed by atoms with E-state index < -0.39 is 0 Å². The molecule has 1 amide bonds. The SMILES string of the molecule is O=C(N[C@@H](C[NH+]1CCOCC1)c1ccccc1)c1csc(-c2ccsc2)n1. The summed E-state index contributed by atoms with van der Waals surface area (Å²) in [6.07, 6.45) is 0. The van der Waals surface area contributed by atoms with Crippen molar-refractivity contribution in [2.24, 2.45) is 0 Å². The summed E-state index contributed by atoms with van der Waals surface area (Å²) >= 11 is 3.14. The first-order valence-corrected chi connectivity index (χ1v) is 10.9. The topological polar surface area (TPSA) is 55.7 Å². The number of hydrogen-bond acceptors (Lipinski definition) is 5. The van der Waals surface area contributed by atoms with Gasteiger partial charge in [0.2, 0.25) is 0 Å². The molecule has 0 unspecified atom stereocenters. The molecule has 1 fully saturated rings. The predicted molar refractivity (Wildman–Crippen MR) is 108 cm³/mol. The molecule has 1 saturated heterocycles. The van der Waals surface area contributed by atoms with Crippen LogP contribution in [0.5, 0.6) is 0 Å². The van der Waals surface area contributed by atoms with Gasteiger partial charge in [0.15, 0.2) is 0 Å². The number of nitrogens with one attached hydrogen (secondary N) is 2. The average molecular weight is 401 g/mol. The van der Waals surface area contributed by atoms with Crippen molar-refractivity contribution in [1.29, 1.82) is 0 Å². The van der Waals surface area contributed by atoms with Crippen LogP contribution in [0.4, 0.5) is 0 Å². The Morgan fingerprint density at radius 2 is 2.00 bits per heavy atom. The number of thiazole rings is 1. The highest BCUT2D eigenvalue weighted by Crippen LogP contribution is 2.26. The minimum absolute atomic E-state index is 0.0434. The van der Waals surface area contributed by atoms with Crippen molar-refractivity contribution in [2.75, 3.05) is 32.8 Å². The Kier molecular flexibility index (Phi) is 5.94. The smallest absolute Gasteiger partial charge is 0.271 e. The standard InChI is InChI=1S/C20H21N3O2S2/c24-19(18-14-27-20(22-18)16-6-11-26-13-16)21-17(15-4-2-1-3-5-15)12-23-7-9-25-10-8-23/h1-6,11,13-14,17H,7-10,12H2,(H,21,24)/p+1/t17-/m0/s1. The minimum atomic E-state index is -0.116. The van der Waals surface area contributed by atoms with Crippen LogP contribution in [0.15, 0.2) is 52.5 Å². The minimum Gasteiger partial charge on any atom is -0.370 e. The summed E-state index contributed by atoms with van der Waals surface area (Å²) in [7, 11) is 0. The van der Waals surface area contributed by atoms with E-state index in [1.165, 1.54) is 16.2 Å². The second-order valence-electron chi connectivity index (χ2n) is 6.55. The number of ether oxygens (including phenoxy) is 1. The zero-order valence-electron chi connectivity index (χ0n) is 14.9. The van der Waals surface area contributed by atoms with E-state index in [4.69, 9.17) is 4.74 Å². The van der Waals surface area contributed by atoms with Crippen LogP contribution in [0.2, 0.25) is 0 Å². The third-order valence-corrected chi connectivity index (χ3v) is 6.28. The lowest BCUT2D eigenvalue weighted by atomic mass is 10.1. The molecule has 4 rings (SSSR count). The van der Waals surface area contributed by atoms with E-state index in [2.05, 4.69) is 27.8 Å². The lowest BCUT2D eigenvalue weighted by Gasteiger charge is -2.28. The molecule has 7 heteroatoms. The van der Waals surface area contributed by atoms with Crippen molar-refractivity contribution in [3.8, 4) is 10.6 Å². The number of thiophene rings is 1. The number of nitrogens with zero attached hydrogens (tertiary/aromatic N) is 1. The molecule has 140 valence electrons. The van der Waals surface area contributed by atoms with Crippen LogP contribution in [-0.2, 0) is 4.74 Å². The Morgan fingerprint density at radius 1 is 1.19 bits per heavy atom. The number of benzene rings is 1. The molecule has 5 nitrogen and oxygen atoms in total. The molecule has 2 N–H and O–H groups in total. The van der Waals surface area contributed by atoms with Crippen molar-refractivity contribution in [2.45, 2.75) is 6.04 Å². The highest BCUT2D eigenvalue weighted by Gasteiger charge is 2.24. The summed E-state index contributed by atoms with van der Waals surface area (Å²) in [6, 6.07) is 12.2. The van der Waals surface area contributed by atoms with Gasteiger partial charge < -0.3 is 15.0 Å². The van der Waals surface area contributed by atoms with E-state index in [9.17, 15) is 4.79 Å². The molecule has 1 aromatic carbocycles. The number of amides is 1. The fourth-order valence-corrected chi connectivity index (χ4v) is 4.73. The van der Waals surface area contributed by atoms with E-state index in [1.54, 1.807) is 11.3 Å². The van der Waals surface area contributed by atoms with Gasteiger partial charge in [-0.2, -0.15) is 11.3 Å². The Balaban J connectivity index is 1.49. The number of morpholine rings is 1. The molecule has 1 aliphatic heterocycles. The number of carbonyl (C=O) groups excluding carboxylic acids is 1. The van der Waals surface area contributed by atoms with Crippen molar-refractivity contribution in [3.05, 3.63) is 63.8 Å². The lowest BCUT2D eigenvalue weighted by Crippen LogP contribution is -3.14. The van der Waals surface area contributed by atoms with Gasteiger partial charge in [0.25, 0.3) is 5.91 Å². The molecular weight excluding hydrogens is 378 g/mol. The van der Waals surface area contributed by atoms with Gasteiger partial charge in [0.1, 0.15) is 36.4 Å². The summed E-state index contributed by atoms with van der Waals surface area (Å²) < 4.78 is 5.46. The predicted octanol–water partition coefficient (Wildman–Crippen LogP) is 2.26. The van der Waals surface area contributed by atoms with E-state index in [-0.39, 0.29) is 11.9 Å². The molecule has 0 bridgehead atoms. The number of aromatic nitrogens is 1. The molecule has 0 aliphatic carbocycles. The third-order valence-electron chi connectivity index (χ3n) is 4.70. The number of carbonyl (C=O) groups is 1. The zero-order chi connectivity index (χ0) is 18.5. The van der Waals surface area contributed by atoms with E-state index in [0.29, 0.717) is 5.69 Å². The van der Waals surface area contributed by atoms with Gasteiger partial charge in [-0.3, -0.25) is 4.79 Å². The largest absolute Gasteiger partial charge is 0.370 e. The van der Waals surface area contributed by atoms with Gasteiger partial charge >= 0.3 is 0 Å². The van der Waals surface area contributed by atoms with Crippen LogP contribution >= 0.6 is 22.7 Å². The molecule has 3 aromatic rings. The molecule has 2 aromatic heterocycles. The van der Waals surface area contributed by atoms with Crippen molar-refractivity contribution >= 4 is 28.6 Å². The van der Waals surface area contributed by atoms with Crippen molar-refractivity contribution in [3.63, 3.8) is 0 Å². The Morgan fingerprint density at radius 3 is 2.74 bits per heavy atom. The van der Waals surface area contributed by atoms with E-state index in [1.807, 2.05) is 35.0 Å². The maximum absolute atomic E-state index is 12.9. The Bertz CT molecular complexity index is 859. The second-order valence-corrected chi connectivity index (χ2v) is 8.19.